The quantitative estimate of drug-likeness (QED) is 0.475. The molecule has 1 nitrogen and oxygen atoms in total. The number of halogens is 1. The number of allylic oxidation sites excluding steroid dienone is 2. The van der Waals surface area contributed by atoms with Gasteiger partial charge in [0.1, 0.15) is 6.67 Å². The first-order valence-corrected chi connectivity index (χ1v) is 11.0. The highest BCUT2D eigenvalue weighted by atomic mass is 19.1. The van der Waals surface area contributed by atoms with Crippen LogP contribution < -0.4 is 0 Å². The first-order valence-electron chi connectivity index (χ1n) is 11.0. The lowest BCUT2D eigenvalue weighted by atomic mass is 9.68. The summed E-state index contributed by atoms with van der Waals surface area (Å²) in [7, 11) is 0. The number of hydrogen-bond acceptors (Lipinski definition) is 1. The van der Waals surface area contributed by atoms with E-state index in [1.807, 2.05) is 24.3 Å². The lowest BCUT2D eigenvalue weighted by molar-refractivity contribution is 0.144. The summed E-state index contributed by atoms with van der Waals surface area (Å²) >= 11 is 0. The van der Waals surface area contributed by atoms with Crippen LogP contribution in [0.25, 0.3) is 0 Å². The van der Waals surface area contributed by atoms with Crippen LogP contribution in [-0.2, 0) is 6.42 Å². The van der Waals surface area contributed by atoms with Crippen molar-refractivity contribution in [1.29, 1.82) is 5.26 Å². The van der Waals surface area contributed by atoms with Crippen LogP contribution >= 0.6 is 0 Å². The molecule has 0 N–H and O–H groups in total. The monoisotopic (exact) mass is 367 g/mol. The van der Waals surface area contributed by atoms with Gasteiger partial charge in [-0.25, -0.2) is 4.39 Å². The summed E-state index contributed by atoms with van der Waals surface area (Å²) in [5.74, 6) is 3.56. The molecular formula is C25H34FN. The predicted octanol–water partition coefficient (Wildman–Crippen LogP) is 7.02. The number of rotatable bonds is 7. The molecule has 1 aromatic carbocycles. The van der Waals surface area contributed by atoms with Gasteiger partial charge < -0.3 is 0 Å². The van der Waals surface area contributed by atoms with Gasteiger partial charge in [-0.05, 0) is 99.2 Å². The molecule has 2 aliphatic carbocycles. The van der Waals surface area contributed by atoms with Crippen LogP contribution in [0.1, 0.15) is 75.3 Å². The van der Waals surface area contributed by atoms with Crippen LogP contribution in [0.15, 0.2) is 36.4 Å². The van der Waals surface area contributed by atoms with Crippen molar-refractivity contribution in [2.45, 2.75) is 70.6 Å². The highest BCUT2D eigenvalue weighted by molar-refractivity contribution is 5.32. The van der Waals surface area contributed by atoms with Gasteiger partial charge in [-0.15, -0.1) is 0 Å². The highest BCUT2D eigenvalue weighted by Gasteiger charge is 2.30. The minimum atomic E-state index is -0.317. The van der Waals surface area contributed by atoms with Gasteiger partial charge in [0.05, 0.1) is 11.6 Å². The average Bonchev–Trinajstić information content (AvgIpc) is 2.73. The zero-order valence-electron chi connectivity index (χ0n) is 16.6. The summed E-state index contributed by atoms with van der Waals surface area (Å²) in [6, 6.07) is 10.4. The summed E-state index contributed by atoms with van der Waals surface area (Å²) in [5, 5.41) is 9.03. The van der Waals surface area contributed by atoms with E-state index in [1.54, 1.807) is 6.08 Å². The maximum Gasteiger partial charge on any atom is 0.108 e. The Balaban J connectivity index is 1.35. The fraction of sp³-hybridized carbons (Fsp3) is 0.640. The van der Waals surface area contributed by atoms with E-state index in [-0.39, 0.29) is 6.67 Å². The molecule has 0 spiro atoms. The molecule has 146 valence electrons. The van der Waals surface area contributed by atoms with E-state index >= 15 is 0 Å². The van der Waals surface area contributed by atoms with Gasteiger partial charge >= 0.3 is 0 Å². The van der Waals surface area contributed by atoms with E-state index in [1.165, 1.54) is 63.4 Å². The van der Waals surface area contributed by atoms with E-state index in [2.05, 4.69) is 12.1 Å². The number of hydrogen-bond donors (Lipinski definition) is 0. The summed E-state index contributed by atoms with van der Waals surface area (Å²) < 4.78 is 12.2. The van der Waals surface area contributed by atoms with Crippen LogP contribution in [0.2, 0.25) is 0 Å². The Hall–Kier alpha value is -1.62. The summed E-state index contributed by atoms with van der Waals surface area (Å²) in [6.45, 7) is -0.317. The second kappa shape index (κ2) is 10.6. The molecule has 3 rings (SSSR count). The van der Waals surface area contributed by atoms with Crippen molar-refractivity contribution in [2.75, 3.05) is 6.67 Å². The maximum atomic E-state index is 12.2. The van der Waals surface area contributed by atoms with Crippen molar-refractivity contribution < 1.29 is 4.39 Å². The van der Waals surface area contributed by atoms with Crippen LogP contribution in [0, 0.1) is 35.0 Å². The zero-order chi connectivity index (χ0) is 18.9. The van der Waals surface area contributed by atoms with Crippen molar-refractivity contribution in [3.8, 4) is 6.07 Å². The fourth-order valence-electron chi connectivity index (χ4n) is 5.36. The molecule has 1 aromatic rings. The molecule has 0 aliphatic heterocycles. The number of alkyl halides is 1. The smallest absolute Gasteiger partial charge is 0.108 e. The Morgan fingerprint density at radius 3 is 2.22 bits per heavy atom. The number of nitriles is 1. The molecular weight excluding hydrogens is 333 g/mol. The second-order valence-corrected chi connectivity index (χ2v) is 8.77. The van der Waals surface area contributed by atoms with Gasteiger partial charge in [0.2, 0.25) is 0 Å². The Labute approximate surface area is 164 Å². The predicted molar refractivity (Wildman–Crippen MR) is 110 cm³/mol. The van der Waals surface area contributed by atoms with Crippen LogP contribution in [0.5, 0.6) is 0 Å². The number of benzene rings is 1. The van der Waals surface area contributed by atoms with E-state index in [0.29, 0.717) is 0 Å². The summed E-state index contributed by atoms with van der Waals surface area (Å²) in [6.07, 6.45) is 18.3. The molecule has 2 saturated carbocycles. The third-order valence-corrected chi connectivity index (χ3v) is 7.07. The maximum absolute atomic E-state index is 12.2. The standard InChI is InChI=1S/C25H34FN/c26-17-2-1-4-20-9-13-24(14-10-20)25-15-11-21(12-16-25)7-8-22-5-3-6-23(18-22)19-27/h1-3,5-6,18,20-21,24-25H,4,7-17H2/b2-1+. The Kier molecular flexibility index (Phi) is 7.93. The summed E-state index contributed by atoms with van der Waals surface area (Å²) in [5.41, 5.74) is 2.10. The lowest BCUT2D eigenvalue weighted by Crippen LogP contribution is -2.26. The van der Waals surface area contributed by atoms with Crippen molar-refractivity contribution in [1.82, 2.24) is 0 Å². The molecule has 0 heterocycles. The van der Waals surface area contributed by atoms with Gasteiger partial charge in [0.15, 0.2) is 0 Å². The minimum absolute atomic E-state index is 0.317. The van der Waals surface area contributed by atoms with Gasteiger partial charge in [0, 0.05) is 0 Å². The second-order valence-electron chi connectivity index (χ2n) is 8.77. The van der Waals surface area contributed by atoms with E-state index in [9.17, 15) is 4.39 Å². The number of nitrogens with zero attached hydrogens (tertiary/aromatic N) is 1. The molecule has 2 heteroatoms. The Morgan fingerprint density at radius 2 is 1.59 bits per heavy atom. The first kappa shape index (κ1) is 20.1. The van der Waals surface area contributed by atoms with E-state index < -0.39 is 0 Å². The molecule has 2 aliphatic rings. The van der Waals surface area contributed by atoms with Crippen molar-refractivity contribution in [2.24, 2.45) is 23.7 Å². The molecule has 0 bridgehead atoms. The van der Waals surface area contributed by atoms with Crippen LogP contribution in [0.3, 0.4) is 0 Å². The fourth-order valence-corrected chi connectivity index (χ4v) is 5.36. The van der Waals surface area contributed by atoms with E-state index in [4.69, 9.17) is 5.26 Å². The van der Waals surface area contributed by atoms with Crippen molar-refractivity contribution in [3.63, 3.8) is 0 Å². The van der Waals surface area contributed by atoms with Gasteiger partial charge in [-0.1, -0.05) is 37.1 Å². The van der Waals surface area contributed by atoms with E-state index in [0.717, 1.165) is 42.1 Å². The Morgan fingerprint density at radius 1 is 0.926 bits per heavy atom. The highest BCUT2D eigenvalue weighted by Crippen LogP contribution is 2.42. The van der Waals surface area contributed by atoms with Gasteiger partial charge in [-0.3, -0.25) is 0 Å². The van der Waals surface area contributed by atoms with Crippen LogP contribution in [0.4, 0.5) is 4.39 Å². The third-order valence-electron chi connectivity index (χ3n) is 7.07. The number of aryl methyl sites for hydroxylation is 1. The lowest BCUT2D eigenvalue weighted by Gasteiger charge is -2.37. The molecule has 2 fully saturated rings. The minimum Gasteiger partial charge on any atom is -0.247 e. The largest absolute Gasteiger partial charge is 0.247 e. The molecule has 0 unspecified atom stereocenters. The molecule has 0 saturated heterocycles. The van der Waals surface area contributed by atoms with Crippen molar-refractivity contribution in [3.05, 3.63) is 47.5 Å². The van der Waals surface area contributed by atoms with Crippen LogP contribution in [-0.4, -0.2) is 6.67 Å². The molecule has 0 atom stereocenters. The van der Waals surface area contributed by atoms with Gasteiger partial charge in [-0.2, -0.15) is 5.26 Å². The Bertz CT molecular complexity index is 628. The zero-order valence-corrected chi connectivity index (χ0v) is 16.6. The molecule has 0 radical (unpaired) electrons. The topological polar surface area (TPSA) is 23.8 Å². The first-order chi connectivity index (χ1) is 13.3. The molecule has 0 aromatic heterocycles. The van der Waals surface area contributed by atoms with Gasteiger partial charge in [0.25, 0.3) is 0 Å². The third kappa shape index (κ3) is 6.20. The SMILES string of the molecule is N#Cc1cccc(CCC2CCC(C3CCC(C/C=C/CF)CC3)CC2)c1. The van der Waals surface area contributed by atoms with Crippen molar-refractivity contribution >= 4 is 0 Å². The molecule has 0 amide bonds. The average molecular weight is 368 g/mol. The summed E-state index contributed by atoms with van der Waals surface area (Å²) in [4.78, 5) is 0. The normalized spacial score (nSPS) is 28.9. The molecule has 27 heavy (non-hydrogen) atoms.